The standard InChI is InChI=1S/C9H18O2S/c1-4-6-9(2,3)7-5-8(10)11-12/h12H,4-7H2,1-3H3. The fourth-order valence-electron chi connectivity index (χ4n) is 1.29. The van der Waals surface area contributed by atoms with Gasteiger partial charge in [0.15, 0.2) is 0 Å². The lowest BCUT2D eigenvalue weighted by Gasteiger charge is -2.22. The molecular weight excluding hydrogens is 172 g/mol. The molecule has 0 saturated heterocycles. The van der Waals surface area contributed by atoms with Crippen LogP contribution < -0.4 is 0 Å². The van der Waals surface area contributed by atoms with Crippen molar-refractivity contribution < 1.29 is 8.98 Å². The van der Waals surface area contributed by atoms with Crippen molar-refractivity contribution in [2.75, 3.05) is 0 Å². The number of carbonyl (C=O) groups excluding carboxylic acids is 1. The van der Waals surface area contributed by atoms with E-state index >= 15 is 0 Å². The Bertz CT molecular complexity index is 143. The van der Waals surface area contributed by atoms with E-state index < -0.39 is 0 Å². The molecule has 3 heteroatoms. The first-order chi connectivity index (χ1) is 5.52. The van der Waals surface area contributed by atoms with Crippen molar-refractivity contribution in [3.05, 3.63) is 0 Å². The SMILES string of the molecule is CCCC(C)(C)CCC(=O)OS. The van der Waals surface area contributed by atoms with E-state index in [0.717, 1.165) is 19.3 Å². The fourth-order valence-corrected chi connectivity index (χ4v) is 1.38. The van der Waals surface area contributed by atoms with Gasteiger partial charge in [0.05, 0.1) is 0 Å². The molecule has 0 heterocycles. The van der Waals surface area contributed by atoms with Crippen LogP contribution in [0, 0.1) is 5.41 Å². The Labute approximate surface area is 80.3 Å². The third-order valence-electron chi connectivity index (χ3n) is 2.03. The molecule has 0 atom stereocenters. The van der Waals surface area contributed by atoms with Crippen LogP contribution in [0.4, 0.5) is 0 Å². The van der Waals surface area contributed by atoms with E-state index in [1.54, 1.807) is 0 Å². The van der Waals surface area contributed by atoms with Gasteiger partial charge in [-0.3, -0.25) is 4.79 Å². The minimum absolute atomic E-state index is 0.234. The fraction of sp³-hybridized carbons (Fsp3) is 0.889. The minimum atomic E-state index is -0.234. The monoisotopic (exact) mass is 190 g/mol. The van der Waals surface area contributed by atoms with Crippen LogP contribution in [0.15, 0.2) is 0 Å². The van der Waals surface area contributed by atoms with Crippen LogP contribution in [0.2, 0.25) is 0 Å². The van der Waals surface area contributed by atoms with Crippen molar-refractivity contribution in [3.8, 4) is 0 Å². The molecule has 0 radical (unpaired) electrons. The number of carbonyl (C=O) groups is 1. The van der Waals surface area contributed by atoms with Crippen LogP contribution in [-0.4, -0.2) is 5.97 Å². The van der Waals surface area contributed by atoms with Crippen molar-refractivity contribution >= 4 is 18.9 Å². The molecule has 0 aliphatic heterocycles. The van der Waals surface area contributed by atoms with Crippen LogP contribution in [-0.2, 0) is 8.98 Å². The summed E-state index contributed by atoms with van der Waals surface area (Å²) in [5.41, 5.74) is 0.247. The first-order valence-electron chi connectivity index (χ1n) is 4.36. The molecule has 2 nitrogen and oxygen atoms in total. The summed E-state index contributed by atoms with van der Waals surface area (Å²) in [5.74, 6) is -0.234. The van der Waals surface area contributed by atoms with Gasteiger partial charge in [0.1, 0.15) is 0 Å². The molecule has 0 fully saturated rings. The summed E-state index contributed by atoms with van der Waals surface area (Å²) >= 11 is 3.45. The Kier molecular flexibility index (Phi) is 5.38. The Balaban J connectivity index is 3.67. The number of rotatable bonds is 5. The van der Waals surface area contributed by atoms with Gasteiger partial charge in [-0.05, 0) is 18.3 Å². The summed E-state index contributed by atoms with van der Waals surface area (Å²) in [6.45, 7) is 6.49. The van der Waals surface area contributed by atoms with Gasteiger partial charge in [0.2, 0.25) is 0 Å². The highest BCUT2D eigenvalue weighted by molar-refractivity contribution is 7.75. The van der Waals surface area contributed by atoms with Crippen LogP contribution in [0.1, 0.15) is 46.5 Å². The molecule has 0 saturated carbocycles. The molecule has 0 aromatic carbocycles. The predicted octanol–water partition coefficient (Wildman–Crippen LogP) is 2.98. The lowest BCUT2D eigenvalue weighted by molar-refractivity contribution is -0.133. The molecule has 0 bridgehead atoms. The zero-order valence-corrected chi connectivity index (χ0v) is 8.99. The zero-order valence-electron chi connectivity index (χ0n) is 8.09. The van der Waals surface area contributed by atoms with Crippen LogP contribution in [0.5, 0.6) is 0 Å². The number of thiol groups is 1. The van der Waals surface area contributed by atoms with Crippen molar-refractivity contribution in [2.45, 2.75) is 46.5 Å². The molecule has 0 unspecified atom stereocenters. The molecule has 72 valence electrons. The van der Waals surface area contributed by atoms with Crippen LogP contribution in [0.25, 0.3) is 0 Å². The summed E-state index contributed by atoms with van der Waals surface area (Å²) in [5, 5.41) is 0. The maximum atomic E-state index is 10.8. The summed E-state index contributed by atoms with van der Waals surface area (Å²) in [4.78, 5) is 10.8. The van der Waals surface area contributed by atoms with Crippen LogP contribution >= 0.6 is 12.9 Å². The second-order valence-corrected chi connectivity index (χ2v) is 4.06. The Morgan fingerprint density at radius 3 is 2.42 bits per heavy atom. The third kappa shape index (κ3) is 5.47. The molecule has 0 amide bonds. The number of hydrogen-bond acceptors (Lipinski definition) is 3. The molecular formula is C9H18O2S. The normalized spacial score (nSPS) is 11.3. The summed E-state index contributed by atoms with van der Waals surface area (Å²) in [6, 6.07) is 0. The van der Waals surface area contributed by atoms with Gasteiger partial charge in [-0.2, -0.15) is 0 Å². The van der Waals surface area contributed by atoms with Gasteiger partial charge in [-0.25, -0.2) is 0 Å². The van der Waals surface area contributed by atoms with Crippen molar-refractivity contribution in [3.63, 3.8) is 0 Å². The maximum absolute atomic E-state index is 10.8. The van der Waals surface area contributed by atoms with Gasteiger partial charge >= 0.3 is 5.97 Å². The summed E-state index contributed by atoms with van der Waals surface area (Å²) in [7, 11) is 0. The lowest BCUT2D eigenvalue weighted by atomic mass is 9.83. The molecule has 0 aliphatic carbocycles. The van der Waals surface area contributed by atoms with E-state index in [-0.39, 0.29) is 11.4 Å². The third-order valence-corrected chi connectivity index (χ3v) is 2.24. The van der Waals surface area contributed by atoms with Crippen molar-refractivity contribution in [1.29, 1.82) is 0 Å². The lowest BCUT2D eigenvalue weighted by Crippen LogP contribution is -2.13. The second kappa shape index (κ2) is 5.46. The molecule has 0 spiro atoms. The van der Waals surface area contributed by atoms with E-state index in [1.165, 1.54) is 0 Å². The average molecular weight is 190 g/mol. The molecule has 12 heavy (non-hydrogen) atoms. The topological polar surface area (TPSA) is 26.3 Å². The quantitative estimate of drug-likeness (QED) is 0.533. The Hall–Kier alpha value is -0.180. The largest absolute Gasteiger partial charge is 0.395 e. The van der Waals surface area contributed by atoms with E-state index in [1.807, 2.05) is 0 Å². The maximum Gasteiger partial charge on any atom is 0.317 e. The van der Waals surface area contributed by atoms with E-state index in [9.17, 15) is 4.79 Å². The van der Waals surface area contributed by atoms with Gasteiger partial charge in [0, 0.05) is 19.3 Å². The Morgan fingerprint density at radius 2 is 2.00 bits per heavy atom. The van der Waals surface area contributed by atoms with Crippen molar-refractivity contribution in [2.24, 2.45) is 5.41 Å². The van der Waals surface area contributed by atoms with Crippen LogP contribution in [0.3, 0.4) is 0 Å². The first-order valence-corrected chi connectivity index (χ1v) is 4.72. The molecule has 0 aromatic heterocycles. The number of hydrogen-bond donors (Lipinski definition) is 1. The van der Waals surface area contributed by atoms with E-state index in [4.69, 9.17) is 0 Å². The zero-order chi connectivity index (χ0) is 9.61. The van der Waals surface area contributed by atoms with Gasteiger partial charge in [-0.1, -0.05) is 27.2 Å². The van der Waals surface area contributed by atoms with E-state index in [0.29, 0.717) is 6.42 Å². The Morgan fingerprint density at radius 1 is 1.42 bits per heavy atom. The molecule has 0 rings (SSSR count). The van der Waals surface area contributed by atoms with E-state index in [2.05, 4.69) is 37.9 Å². The average Bonchev–Trinajstić information content (AvgIpc) is 2.00. The van der Waals surface area contributed by atoms with Gasteiger partial charge in [-0.15, -0.1) is 0 Å². The van der Waals surface area contributed by atoms with Gasteiger partial charge in [0.25, 0.3) is 0 Å². The molecule has 0 aromatic rings. The highest BCUT2D eigenvalue weighted by Crippen LogP contribution is 2.28. The molecule has 0 aliphatic rings. The highest BCUT2D eigenvalue weighted by atomic mass is 32.1. The summed E-state index contributed by atoms with van der Waals surface area (Å²) < 4.78 is 4.28. The molecule has 0 N–H and O–H groups in total. The smallest absolute Gasteiger partial charge is 0.317 e. The van der Waals surface area contributed by atoms with Gasteiger partial charge < -0.3 is 4.18 Å². The first kappa shape index (κ1) is 11.8. The predicted molar refractivity (Wildman–Crippen MR) is 53.0 cm³/mol. The summed E-state index contributed by atoms with van der Waals surface area (Å²) in [6.07, 6.45) is 3.65. The highest BCUT2D eigenvalue weighted by Gasteiger charge is 2.18. The second-order valence-electron chi connectivity index (χ2n) is 3.88. The minimum Gasteiger partial charge on any atom is -0.395 e. The van der Waals surface area contributed by atoms with Crippen molar-refractivity contribution in [1.82, 2.24) is 0 Å².